The van der Waals surface area contributed by atoms with Crippen molar-refractivity contribution in [1.82, 2.24) is 15.1 Å². The molecule has 1 aliphatic rings. The van der Waals surface area contributed by atoms with Crippen molar-refractivity contribution in [2.75, 3.05) is 20.2 Å². The Balaban J connectivity index is 3.19. The number of amides is 2. The van der Waals surface area contributed by atoms with E-state index in [1.807, 2.05) is 34.6 Å². The molecule has 0 radical (unpaired) electrons. The minimum Gasteiger partial charge on any atom is -0.463 e. The monoisotopic (exact) mass is 493 g/mol. The molecule has 0 aromatic rings. The Morgan fingerprint density at radius 2 is 1.69 bits per heavy atom. The highest BCUT2D eigenvalue weighted by Crippen LogP contribution is 2.27. The summed E-state index contributed by atoms with van der Waals surface area (Å²) >= 11 is 0. The molecule has 1 aliphatic heterocycles. The van der Waals surface area contributed by atoms with Crippen molar-refractivity contribution in [1.29, 1.82) is 0 Å². The van der Waals surface area contributed by atoms with Gasteiger partial charge in [0.25, 0.3) is 0 Å². The lowest BCUT2D eigenvalue weighted by molar-refractivity contribution is -0.142. The number of piperidine rings is 1. The maximum atomic E-state index is 13.8. The third-order valence-corrected chi connectivity index (χ3v) is 7.23. The van der Waals surface area contributed by atoms with Crippen molar-refractivity contribution < 1.29 is 19.1 Å². The van der Waals surface area contributed by atoms with Crippen LogP contribution in [0, 0.1) is 17.3 Å². The number of carbonyl (C=O) groups excluding carboxylic acids is 3. The highest BCUT2D eigenvalue weighted by Gasteiger charge is 2.40. The van der Waals surface area contributed by atoms with Crippen molar-refractivity contribution in [3.8, 4) is 0 Å². The fourth-order valence-corrected chi connectivity index (χ4v) is 4.66. The van der Waals surface area contributed by atoms with E-state index in [1.54, 1.807) is 31.9 Å². The molecule has 0 spiro atoms. The van der Waals surface area contributed by atoms with E-state index in [9.17, 15) is 14.4 Å². The largest absolute Gasteiger partial charge is 0.463 e. The van der Waals surface area contributed by atoms with Crippen LogP contribution in [0.4, 0.5) is 0 Å². The molecule has 1 fully saturated rings. The first-order valence-electron chi connectivity index (χ1n) is 13.3. The summed E-state index contributed by atoms with van der Waals surface area (Å²) in [5.41, 5.74) is -0.00643. The lowest BCUT2D eigenvalue weighted by atomic mass is 9.84. The fraction of sp³-hybridized carbons (Fsp3) is 0.821. The van der Waals surface area contributed by atoms with Gasteiger partial charge in [0.05, 0.1) is 18.7 Å². The van der Waals surface area contributed by atoms with Crippen molar-refractivity contribution in [3.05, 3.63) is 11.6 Å². The molecule has 2 amide bonds. The molecule has 0 saturated carbocycles. The number of carbonyl (C=O) groups is 3. The van der Waals surface area contributed by atoms with Gasteiger partial charge in [0, 0.05) is 18.7 Å². The molecule has 1 unspecified atom stereocenters. The number of nitrogens with zero attached hydrogens (tertiary/aromatic N) is 2. The van der Waals surface area contributed by atoms with Crippen LogP contribution in [0.25, 0.3) is 0 Å². The van der Waals surface area contributed by atoms with Crippen LogP contribution in [0.3, 0.4) is 0 Å². The van der Waals surface area contributed by atoms with E-state index < -0.39 is 11.5 Å². The molecule has 4 atom stereocenters. The van der Waals surface area contributed by atoms with Gasteiger partial charge in [-0.3, -0.25) is 14.5 Å². The normalized spacial score (nSPS) is 20.4. The summed E-state index contributed by atoms with van der Waals surface area (Å²) in [6.45, 7) is 21.2. The average molecular weight is 494 g/mol. The molecule has 1 rings (SSSR count). The van der Waals surface area contributed by atoms with E-state index in [2.05, 4.69) is 31.0 Å². The number of esters is 1. The van der Waals surface area contributed by atoms with Crippen LogP contribution < -0.4 is 5.32 Å². The van der Waals surface area contributed by atoms with Gasteiger partial charge >= 0.3 is 5.97 Å². The first kappa shape index (κ1) is 31.1. The average Bonchev–Trinajstić information content (AvgIpc) is 2.78. The summed E-state index contributed by atoms with van der Waals surface area (Å²) in [6, 6.07) is -0.925. The molecule has 0 bridgehead atoms. The third-order valence-electron chi connectivity index (χ3n) is 7.23. The van der Waals surface area contributed by atoms with Gasteiger partial charge in [0.1, 0.15) is 6.04 Å². The van der Waals surface area contributed by atoms with Crippen molar-refractivity contribution in [2.45, 2.75) is 113 Å². The number of likely N-dealkylation sites (tertiary alicyclic amines) is 1. The smallest absolute Gasteiger partial charge is 0.333 e. The number of nitrogens with one attached hydrogen (secondary N) is 1. The summed E-state index contributed by atoms with van der Waals surface area (Å²) in [6.07, 6.45) is 4.71. The number of hydrogen-bond acceptors (Lipinski definition) is 5. The summed E-state index contributed by atoms with van der Waals surface area (Å²) in [4.78, 5) is 43.5. The van der Waals surface area contributed by atoms with Crippen LogP contribution in [0.1, 0.15) is 88.5 Å². The minimum atomic E-state index is -0.685. The summed E-state index contributed by atoms with van der Waals surface area (Å²) in [7, 11) is 1.75. The van der Waals surface area contributed by atoms with E-state index in [0.29, 0.717) is 24.1 Å². The maximum Gasteiger partial charge on any atom is 0.333 e. The summed E-state index contributed by atoms with van der Waals surface area (Å²) < 4.78 is 5.12. The first-order chi connectivity index (χ1) is 16.1. The highest BCUT2D eigenvalue weighted by atomic mass is 16.5. The zero-order valence-corrected chi connectivity index (χ0v) is 24.1. The zero-order valence-electron chi connectivity index (χ0n) is 24.1. The molecule has 0 aliphatic carbocycles. The molecular formula is C28H51N3O4. The van der Waals surface area contributed by atoms with Gasteiger partial charge in [-0.2, -0.15) is 0 Å². The molecule has 1 heterocycles. The van der Waals surface area contributed by atoms with Crippen molar-refractivity contribution in [3.63, 3.8) is 0 Å². The fourth-order valence-electron chi connectivity index (χ4n) is 4.66. The van der Waals surface area contributed by atoms with Gasteiger partial charge < -0.3 is 15.0 Å². The van der Waals surface area contributed by atoms with E-state index in [-0.39, 0.29) is 35.8 Å². The van der Waals surface area contributed by atoms with Crippen LogP contribution in [-0.4, -0.2) is 72.0 Å². The Morgan fingerprint density at radius 3 is 2.17 bits per heavy atom. The van der Waals surface area contributed by atoms with Crippen LogP contribution in [-0.2, 0) is 19.1 Å². The molecule has 0 aromatic heterocycles. The van der Waals surface area contributed by atoms with Crippen LogP contribution >= 0.6 is 0 Å². The minimum absolute atomic E-state index is 0.0711. The first-order valence-corrected chi connectivity index (χ1v) is 13.3. The zero-order chi connectivity index (χ0) is 27.1. The molecule has 1 N–H and O–H groups in total. The molecule has 1 saturated heterocycles. The Hall–Kier alpha value is -1.89. The Kier molecular flexibility index (Phi) is 11.9. The van der Waals surface area contributed by atoms with E-state index in [0.717, 1.165) is 25.8 Å². The molecule has 7 heteroatoms. The molecule has 35 heavy (non-hydrogen) atoms. The lowest BCUT2D eigenvalue weighted by Crippen LogP contribution is -2.61. The predicted octanol–water partition coefficient (Wildman–Crippen LogP) is 4.41. The van der Waals surface area contributed by atoms with Crippen LogP contribution in [0.15, 0.2) is 11.6 Å². The van der Waals surface area contributed by atoms with Gasteiger partial charge in [0.2, 0.25) is 11.8 Å². The Bertz CT molecular complexity index is 754. The van der Waals surface area contributed by atoms with Gasteiger partial charge in [-0.15, -0.1) is 0 Å². The van der Waals surface area contributed by atoms with E-state index >= 15 is 0 Å². The Labute approximate surface area is 214 Å². The lowest BCUT2D eigenvalue weighted by Gasteiger charge is -2.42. The third kappa shape index (κ3) is 8.62. The van der Waals surface area contributed by atoms with E-state index in [4.69, 9.17) is 4.74 Å². The van der Waals surface area contributed by atoms with Gasteiger partial charge in [-0.1, -0.05) is 61.0 Å². The second-order valence-electron chi connectivity index (χ2n) is 11.8. The van der Waals surface area contributed by atoms with E-state index in [1.165, 1.54) is 0 Å². The van der Waals surface area contributed by atoms with Crippen molar-refractivity contribution >= 4 is 17.8 Å². The van der Waals surface area contributed by atoms with Gasteiger partial charge in [0.15, 0.2) is 0 Å². The summed E-state index contributed by atoms with van der Waals surface area (Å²) in [5, 5.41) is 3.14. The number of rotatable bonds is 10. The van der Waals surface area contributed by atoms with Crippen molar-refractivity contribution in [2.24, 2.45) is 17.3 Å². The van der Waals surface area contributed by atoms with Crippen LogP contribution in [0.2, 0.25) is 0 Å². The maximum absolute atomic E-state index is 13.8. The standard InChI is InChI=1S/C28H51N3O4/c1-12-35-27(34)20(6)17-23(19(4)5)30(11)26(33)24(28(8,9)10)29-25(32)22-15-13-14-16-31(22)21(7)18(2)3/h17-19,21-24H,12-16H2,1-11H3,(H,29,32)/t21?,22-,23-,24-/m1/s1. The SMILES string of the molecule is CCOC(=O)C(C)=C[C@H](C(C)C)N(C)C(=O)[C@@H](NC(=O)[C@H]1CCCCN1C(C)C(C)C)C(C)(C)C. The molecular weight excluding hydrogens is 442 g/mol. The number of hydrogen-bond donors (Lipinski definition) is 1. The topological polar surface area (TPSA) is 79.0 Å². The quantitative estimate of drug-likeness (QED) is 0.360. The number of likely N-dealkylation sites (N-methyl/N-ethyl adjacent to an activating group) is 1. The second-order valence-corrected chi connectivity index (χ2v) is 11.8. The molecule has 7 nitrogen and oxygen atoms in total. The summed E-state index contributed by atoms with van der Waals surface area (Å²) in [5.74, 6) is -0.0903. The predicted molar refractivity (Wildman–Crippen MR) is 142 cm³/mol. The highest BCUT2D eigenvalue weighted by molar-refractivity contribution is 5.91. The van der Waals surface area contributed by atoms with Gasteiger partial charge in [-0.05, 0) is 57.4 Å². The molecule has 0 aromatic carbocycles. The van der Waals surface area contributed by atoms with Crippen LogP contribution in [0.5, 0.6) is 0 Å². The second kappa shape index (κ2) is 13.4. The number of ether oxygens (including phenoxy) is 1. The van der Waals surface area contributed by atoms with Gasteiger partial charge in [-0.25, -0.2) is 4.79 Å². The Morgan fingerprint density at radius 1 is 1.09 bits per heavy atom. The molecule has 202 valence electrons.